The second-order valence-corrected chi connectivity index (χ2v) is 9.38. The maximum absolute atomic E-state index is 11.7. The Morgan fingerprint density at radius 3 is 1.94 bits per heavy atom. The minimum Gasteiger partial charge on any atom is -0.462 e. The second kappa shape index (κ2) is 13.2. The molecule has 0 saturated heterocycles. The van der Waals surface area contributed by atoms with Crippen LogP contribution < -0.4 is 0 Å². The second-order valence-electron chi connectivity index (χ2n) is 9.38. The summed E-state index contributed by atoms with van der Waals surface area (Å²) in [5.41, 5.74) is 4.99. The molecule has 0 fully saturated rings. The summed E-state index contributed by atoms with van der Waals surface area (Å²) in [5.74, 6) is -0.406. The predicted molar refractivity (Wildman–Crippen MR) is 134 cm³/mol. The molecule has 0 heterocycles. The maximum Gasteiger partial charge on any atom is 0.333 e. The number of aryl methyl sites for hydroxylation is 2. The van der Waals surface area contributed by atoms with Crippen LogP contribution in [0.3, 0.4) is 0 Å². The van der Waals surface area contributed by atoms with Crippen molar-refractivity contribution in [3.63, 3.8) is 0 Å². The van der Waals surface area contributed by atoms with Crippen molar-refractivity contribution in [1.82, 2.24) is 0 Å². The van der Waals surface area contributed by atoms with Crippen LogP contribution in [-0.2, 0) is 22.4 Å². The normalized spacial score (nSPS) is 12.9. The number of hydrogen-bond donors (Lipinski definition) is 1. The highest BCUT2D eigenvalue weighted by Gasteiger charge is 2.25. The first kappa shape index (κ1) is 25.9. The Morgan fingerprint density at radius 2 is 1.44 bits per heavy atom. The number of esters is 1. The van der Waals surface area contributed by atoms with Crippen LogP contribution in [0.15, 0.2) is 60.7 Å². The number of carbonyl (C=O) groups excluding carboxylic acids is 1. The zero-order valence-corrected chi connectivity index (χ0v) is 20.2. The molecule has 0 aliphatic heterocycles. The molecule has 1 unspecified atom stereocenters. The molecular formula is C29H40O3. The first-order chi connectivity index (χ1) is 15.4. The van der Waals surface area contributed by atoms with Gasteiger partial charge in [-0.3, -0.25) is 0 Å². The van der Waals surface area contributed by atoms with Gasteiger partial charge in [-0.15, -0.1) is 0 Å². The summed E-state index contributed by atoms with van der Waals surface area (Å²) in [6, 6.07) is 17.6. The van der Waals surface area contributed by atoms with E-state index in [0.717, 1.165) is 19.3 Å². The first-order valence-electron chi connectivity index (χ1n) is 12.0. The van der Waals surface area contributed by atoms with Gasteiger partial charge in [0, 0.05) is 11.0 Å². The summed E-state index contributed by atoms with van der Waals surface area (Å²) >= 11 is 0. The van der Waals surface area contributed by atoms with Gasteiger partial charge in [-0.2, -0.15) is 0 Å². The van der Waals surface area contributed by atoms with Crippen molar-refractivity contribution < 1.29 is 14.6 Å². The highest BCUT2D eigenvalue weighted by molar-refractivity contribution is 5.86. The SMILES string of the molecule is C=C(C)C(=O)OCC(C)(CO)CCc1ccc(-c2ccc(CCCCCCC)cc2)cc1. The Balaban J connectivity index is 1.86. The van der Waals surface area contributed by atoms with Crippen LogP contribution in [-0.4, -0.2) is 24.3 Å². The predicted octanol–water partition coefficient (Wildman–Crippen LogP) is 6.92. The lowest BCUT2D eigenvalue weighted by atomic mass is 9.85. The van der Waals surface area contributed by atoms with E-state index in [9.17, 15) is 9.90 Å². The van der Waals surface area contributed by atoms with E-state index < -0.39 is 11.4 Å². The van der Waals surface area contributed by atoms with E-state index >= 15 is 0 Å². The van der Waals surface area contributed by atoms with Crippen molar-refractivity contribution in [2.24, 2.45) is 5.41 Å². The summed E-state index contributed by atoms with van der Waals surface area (Å²) < 4.78 is 5.28. The molecule has 3 heteroatoms. The van der Waals surface area contributed by atoms with Crippen LogP contribution in [0.25, 0.3) is 11.1 Å². The van der Waals surface area contributed by atoms with E-state index in [2.05, 4.69) is 62.0 Å². The van der Waals surface area contributed by atoms with Crippen LogP contribution in [0.2, 0.25) is 0 Å². The summed E-state index contributed by atoms with van der Waals surface area (Å²) in [7, 11) is 0. The van der Waals surface area contributed by atoms with Gasteiger partial charge in [0.1, 0.15) is 0 Å². The molecule has 2 aromatic carbocycles. The van der Waals surface area contributed by atoms with Crippen LogP contribution in [0.5, 0.6) is 0 Å². The lowest BCUT2D eigenvalue weighted by Crippen LogP contribution is -2.30. The van der Waals surface area contributed by atoms with Gasteiger partial charge in [-0.05, 0) is 54.9 Å². The van der Waals surface area contributed by atoms with E-state index in [0.29, 0.717) is 5.57 Å². The quantitative estimate of drug-likeness (QED) is 0.199. The van der Waals surface area contributed by atoms with Crippen molar-refractivity contribution in [3.05, 3.63) is 71.8 Å². The van der Waals surface area contributed by atoms with Gasteiger partial charge >= 0.3 is 5.97 Å². The molecule has 0 spiro atoms. The number of hydrogen-bond acceptors (Lipinski definition) is 3. The van der Waals surface area contributed by atoms with Gasteiger partial charge in [0.25, 0.3) is 0 Å². The Labute approximate surface area is 194 Å². The molecular weight excluding hydrogens is 396 g/mol. The molecule has 0 aromatic heterocycles. The lowest BCUT2D eigenvalue weighted by molar-refractivity contribution is -0.143. The molecule has 174 valence electrons. The fraction of sp³-hybridized carbons (Fsp3) is 0.483. The zero-order chi connectivity index (χ0) is 23.4. The molecule has 2 rings (SSSR count). The number of unbranched alkanes of at least 4 members (excludes halogenated alkanes) is 4. The Kier molecular flexibility index (Phi) is 10.7. The third kappa shape index (κ3) is 8.63. The van der Waals surface area contributed by atoms with E-state index in [4.69, 9.17) is 4.74 Å². The molecule has 3 nitrogen and oxygen atoms in total. The lowest BCUT2D eigenvalue weighted by Gasteiger charge is -2.26. The number of ether oxygens (including phenoxy) is 1. The summed E-state index contributed by atoms with van der Waals surface area (Å²) in [6.45, 7) is 9.59. The van der Waals surface area contributed by atoms with E-state index in [1.807, 2.05) is 6.92 Å². The molecule has 0 amide bonds. The van der Waals surface area contributed by atoms with E-state index in [1.165, 1.54) is 54.4 Å². The highest BCUT2D eigenvalue weighted by atomic mass is 16.5. The third-order valence-electron chi connectivity index (χ3n) is 6.11. The minimum absolute atomic E-state index is 0.0283. The Bertz CT molecular complexity index is 836. The Hall–Kier alpha value is -2.39. The number of benzene rings is 2. The fourth-order valence-electron chi connectivity index (χ4n) is 3.67. The van der Waals surface area contributed by atoms with Gasteiger partial charge in [0.2, 0.25) is 0 Å². The number of aliphatic hydroxyl groups is 1. The molecule has 0 radical (unpaired) electrons. The highest BCUT2D eigenvalue weighted by Crippen LogP contribution is 2.26. The van der Waals surface area contributed by atoms with Crippen LogP contribution in [0, 0.1) is 5.41 Å². The molecule has 0 aliphatic carbocycles. The topological polar surface area (TPSA) is 46.5 Å². The molecule has 0 aliphatic rings. The molecule has 1 atom stereocenters. The van der Waals surface area contributed by atoms with Crippen LogP contribution >= 0.6 is 0 Å². The molecule has 1 N–H and O–H groups in total. The molecule has 32 heavy (non-hydrogen) atoms. The van der Waals surface area contributed by atoms with Crippen molar-refractivity contribution in [1.29, 1.82) is 0 Å². The number of carbonyl (C=O) groups is 1. The van der Waals surface area contributed by atoms with E-state index in [-0.39, 0.29) is 13.2 Å². The van der Waals surface area contributed by atoms with Gasteiger partial charge in [0.15, 0.2) is 0 Å². The summed E-state index contributed by atoms with van der Waals surface area (Å²) in [6.07, 6.45) is 9.29. The summed E-state index contributed by atoms with van der Waals surface area (Å²) in [4.78, 5) is 11.7. The first-order valence-corrected chi connectivity index (χ1v) is 12.0. The number of aliphatic hydroxyl groups excluding tert-OH is 1. The Morgan fingerprint density at radius 1 is 0.906 bits per heavy atom. The van der Waals surface area contributed by atoms with Crippen molar-refractivity contribution in [2.45, 2.75) is 72.1 Å². The van der Waals surface area contributed by atoms with Crippen molar-refractivity contribution in [3.8, 4) is 11.1 Å². The van der Waals surface area contributed by atoms with Gasteiger partial charge < -0.3 is 9.84 Å². The summed E-state index contributed by atoms with van der Waals surface area (Å²) in [5, 5.41) is 9.81. The molecule has 0 saturated carbocycles. The van der Waals surface area contributed by atoms with Crippen LogP contribution in [0.4, 0.5) is 0 Å². The van der Waals surface area contributed by atoms with Crippen molar-refractivity contribution >= 4 is 5.97 Å². The van der Waals surface area contributed by atoms with Crippen molar-refractivity contribution in [2.75, 3.05) is 13.2 Å². The minimum atomic E-state index is -0.462. The average Bonchev–Trinajstić information content (AvgIpc) is 2.82. The largest absolute Gasteiger partial charge is 0.462 e. The number of rotatable bonds is 14. The average molecular weight is 437 g/mol. The van der Waals surface area contributed by atoms with Gasteiger partial charge in [-0.25, -0.2) is 4.79 Å². The fourth-order valence-corrected chi connectivity index (χ4v) is 3.67. The smallest absolute Gasteiger partial charge is 0.333 e. The van der Waals surface area contributed by atoms with E-state index in [1.54, 1.807) is 6.92 Å². The standard InChI is InChI=1S/C29H40O3/c1-5-6-7-8-9-10-24-11-15-26(16-12-24)27-17-13-25(14-18-27)19-20-29(4,21-30)22-32-28(31)23(2)3/h11-18,30H,2,5-10,19-22H2,1,3-4H3. The van der Waals surface area contributed by atoms with Gasteiger partial charge in [0.05, 0.1) is 13.2 Å². The van der Waals surface area contributed by atoms with Gasteiger partial charge in [-0.1, -0.05) is 94.6 Å². The van der Waals surface area contributed by atoms with Crippen LogP contribution in [0.1, 0.15) is 70.4 Å². The molecule has 2 aromatic rings. The molecule has 0 bridgehead atoms. The maximum atomic E-state index is 11.7. The third-order valence-corrected chi connectivity index (χ3v) is 6.11. The monoisotopic (exact) mass is 436 g/mol. The zero-order valence-electron chi connectivity index (χ0n) is 20.2.